The molecule has 0 saturated carbocycles. The molecule has 0 spiro atoms. The monoisotopic (exact) mass is 353 g/mol. The SMILES string of the molecule is COc1cc2c(=O)[nH]cnc2cc1OCCCN1CCCC(F)(F)C1. The number of alkyl halides is 2. The lowest BCUT2D eigenvalue weighted by atomic mass is 10.1. The third-order valence-electron chi connectivity index (χ3n) is 4.27. The van der Waals surface area contributed by atoms with E-state index in [1.807, 2.05) is 0 Å². The predicted octanol–water partition coefficient (Wildman–Crippen LogP) is 2.43. The Labute approximate surface area is 143 Å². The molecule has 1 fully saturated rings. The van der Waals surface area contributed by atoms with Crippen LogP contribution in [0.5, 0.6) is 11.5 Å². The van der Waals surface area contributed by atoms with E-state index in [0.717, 1.165) is 0 Å². The molecule has 136 valence electrons. The molecule has 1 aliphatic heterocycles. The van der Waals surface area contributed by atoms with E-state index in [-0.39, 0.29) is 18.5 Å². The summed E-state index contributed by atoms with van der Waals surface area (Å²) in [5.41, 5.74) is 0.260. The third kappa shape index (κ3) is 4.25. The summed E-state index contributed by atoms with van der Waals surface area (Å²) in [4.78, 5) is 20.2. The molecule has 1 saturated heterocycles. The van der Waals surface area contributed by atoms with E-state index in [9.17, 15) is 13.6 Å². The maximum atomic E-state index is 13.4. The summed E-state index contributed by atoms with van der Waals surface area (Å²) in [5, 5.41) is 0.419. The Kier molecular flexibility index (Phi) is 5.17. The number of aromatic nitrogens is 2. The van der Waals surface area contributed by atoms with Crippen molar-refractivity contribution in [3.8, 4) is 11.5 Å². The highest BCUT2D eigenvalue weighted by atomic mass is 19.3. The second-order valence-electron chi connectivity index (χ2n) is 6.19. The van der Waals surface area contributed by atoms with Crippen LogP contribution in [-0.4, -0.2) is 54.1 Å². The van der Waals surface area contributed by atoms with E-state index in [1.165, 1.54) is 13.4 Å². The zero-order valence-corrected chi connectivity index (χ0v) is 14.1. The van der Waals surface area contributed by atoms with Crippen LogP contribution in [0, 0.1) is 0 Å². The summed E-state index contributed by atoms with van der Waals surface area (Å²) in [6.07, 6.45) is 2.45. The van der Waals surface area contributed by atoms with E-state index in [4.69, 9.17) is 9.47 Å². The molecule has 0 bridgehead atoms. The first-order valence-electron chi connectivity index (χ1n) is 8.27. The molecule has 0 atom stereocenters. The van der Waals surface area contributed by atoms with Crippen molar-refractivity contribution in [1.82, 2.24) is 14.9 Å². The Morgan fingerprint density at radius 3 is 2.96 bits per heavy atom. The number of hydrogen-bond acceptors (Lipinski definition) is 5. The van der Waals surface area contributed by atoms with Crippen molar-refractivity contribution < 1.29 is 18.3 Å². The van der Waals surface area contributed by atoms with Gasteiger partial charge in [0.1, 0.15) is 0 Å². The largest absolute Gasteiger partial charge is 0.493 e. The zero-order chi connectivity index (χ0) is 17.9. The van der Waals surface area contributed by atoms with Crippen LogP contribution in [0.25, 0.3) is 10.9 Å². The second-order valence-corrected chi connectivity index (χ2v) is 6.19. The van der Waals surface area contributed by atoms with Gasteiger partial charge in [0.05, 0.1) is 37.5 Å². The maximum Gasteiger partial charge on any atom is 0.260 e. The lowest BCUT2D eigenvalue weighted by Crippen LogP contribution is -2.43. The molecular formula is C17H21F2N3O3. The summed E-state index contributed by atoms with van der Waals surface area (Å²) < 4.78 is 37.8. The van der Waals surface area contributed by atoms with Crippen LogP contribution in [0.1, 0.15) is 19.3 Å². The second kappa shape index (κ2) is 7.35. The number of likely N-dealkylation sites (tertiary alicyclic amines) is 1. The number of nitrogens with one attached hydrogen (secondary N) is 1. The van der Waals surface area contributed by atoms with Crippen molar-refractivity contribution >= 4 is 10.9 Å². The molecule has 0 aliphatic carbocycles. The normalized spacial score (nSPS) is 17.6. The van der Waals surface area contributed by atoms with Crippen LogP contribution < -0.4 is 15.0 Å². The van der Waals surface area contributed by atoms with E-state index >= 15 is 0 Å². The molecule has 1 N–H and O–H groups in total. The van der Waals surface area contributed by atoms with Crippen LogP contribution in [0.4, 0.5) is 8.78 Å². The van der Waals surface area contributed by atoms with Gasteiger partial charge in [-0.05, 0) is 25.5 Å². The number of ether oxygens (including phenoxy) is 2. The number of benzene rings is 1. The Hall–Kier alpha value is -2.22. The van der Waals surface area contributed by atoms with Crippen LogP contribution in [0.15, 0.2) is 23.3 Å². The van der Waals surface area contributed by atoms with Gasteiger partial charge in [-0.3, -0.25) is 9.69 Å². The van der Waals surface area contributed by atoms with E-state index in [1.54, 1.807) is 17.0 Å². The molecular weight excluding hydrogens is 332 g/mol. The maximum absolute atomic E-state index is 13.4. The molecule has 0 radical (unpaired) electrons. The molecule has 0 unspecified atom stereocenters. The van der Waals surface area contributed by atoms with Crippen molar-refractivity contribution in [2.24, 2.45) is 0 Å². The minimum absolute atomic E-state index is 0.0274. The zero-order valence-electron chi connectivity index (χ0n) is 14.1. The predicted molar refractivity (Wildman–Crippen MR) is 89.6 cm³/mol. The highest BCUT2D eigenvalue weighted by Crippen LogP contribution is 2.30. The summed E-state index contributed by atoms with van der Waals surface area (Å²) in [7, 11) is 1.49. The van der Waals surface area contributed by atoms with Crippen molar-refractivity contribution in [2.45, 2.75) is 25.2 Å². The van der Waals surface area contributed by atoms with E-state index in [2.05, 4.69) is 9.97 Å². The van der Waals surface area contributed by atoms with E-state index in [0.29, 0.717) is 54.9 Å². The van der Waals surface area contributed by atoms with Gasteiger partial charge in [-0.2, -0.15) is 0 Å². The highest BCUT2D eigenvalue weighted by molar-refractivity contribution is 5.81. The number of hydrogen-bond donors (Lipinski definition) is 1. The average Bonchev–Trinajstić information content (AvgIpc) is 2.57. The number of methoxy groups -OCH3 is 1. The molecule has 2 heterocycles. The Bertz CT molecular complexity index is 794. The summed E-state index contributed by atoms with van der Waals surface area (Å²) in [6, 6.07) is 3.24. The van der Waals surface area contributed by atoms with Gasteiger partial charge >= 0.3 is 0 Å². The number of halogens is 2. The lowest BCUT2D eigenvalue weighted by molar-refractivity contribution is -0.0644. The van der Waals surface area contributed by atoms with Gasteiger partial charge < -0.3 is 14.5 Å². The first kappa shape index (κ1) is 17.6. The van der Waals surface area contributed by atoms with Crippen molar-refractivity contribution in [3.63, 3.8) is 0 Å². The molecule has 8 heteroatoms. The fourth-order valence-corrected chi connectivity index (χ4v) is 3.06. The number of nitrogens with zero attached hydrogens (tertiary/aromatic N) is 2. The van der Waals surface area contributed by atoms with Gasteiger partial charge in [-0.25, -0.2) is 13.8 Å². The number of rotatable bonds is 6. The molecule has 6 nitrogen and oxygen atoms in total. The van der Waals surface area contributed by atoms with Gasteiger partial charge in [-0.15, -0.1) is 0 Å². The quantitative estimate of drug-likeness (QED) is 0.808. The molecule has 25 heavy (non-hydrogen) atoms. The van der Waals surface area contributed by atoms with Gasteiger partial charge in [0.15, 0.2) is 11.5 Å². The van der Waals surface area contributed by atoms with Gasteiger partial charge in [0, 0.05) is 19.0 Å². The van der Waals surface area contributed by atoms with Crippen LogP contribution in [0.3, 0.4) is 0 Å². The van der Waals surface area contributed by atoms with Crippen LogP contribution >= 0.6 is 0 Å². The van der Waals surface area contributed by atoms with Gasteiger partial charge in [-0.1, -0.05) is 0 Å². The molecule has 0 amide bonds. The smallest absolute Gasteiger partial charge is 0.260 e. The molecule has 1 aliphatic rings. The van der Waals surface area contributed by atoms with Crippen LogP contribution in [0.2, 0.25) is 0 Å². The summed E-state index contributed by atoms with van der Waals surface area (Å²) >= 11 is 0. The Morgan fingerprint density at radius 1 is 1.36 bits per heavy atom. The van der Waals surface area contributed by atoms with Crippen molar-refractivity contribution in [3.05, 3.63) is 28.8 Å². The average molecular weight is 353 g/mol. The van der Waals surface area contributed by atoms with E-state index < -0.39 is 5.92 Å². The minimum Gasteiger partial charge on any atom is -0.493 e. The molecule has 2 aromatic rings. The van der Waals surface area contributed by atoms with Gasteiger partial charge in [0.2, 0.25) is 0 Å². The lowest BCUT2D eigenvalue weighted by Gasteiger charge is -2.32. The molecule has 1 aromatic carbocycles. The number of fused-ring (bicyclic) bond motifs is 1. The fourth-order valence-electron chi connectivity index (χ4n) is 3.06. The fraction of sp³-hybridized carbons (Fsp3) is 0.529. The minimum atomic E-state index is -2.58. The summed E-state index contributed by atoms with van der Waals surface area (Å²) in [5.74, 6) is -1.66. The number of piperidine rings is 1. The van der Waals surface area contributed by atoms with Crippen molar-refractivity contribution in [2.75, 3.05) is 33.4 Å². The summed E-state index contributed by atoms with van der Waals surface area (Å²) in [6.45, 7) is 1.44. The number of H-pyrrole nitrogens is 1. The van der Waals surface area contributed by atoms with Crippen molar-refractivity contribution in [1.29, 1.82) is 0 Å². The number of aromatic amines is 1. The third-order valence-corrected chi connectivity index (χ3v) is 4.27. The Balaban J connectivity index is 1.60. The Morgan fingerprint density at radius 2 is 2.20 bits per heavy atom. The molecule has 3 rings (SSSR count). The standard InChI is InChI=1S/C17H21F2N3O3/c1-24-14-8-12-13(20-11-21-16(12)23)9-15(14)25-7-3-6-22-5-2-4-17(18,19)10-22/h8-9,11H,2-7,10H2,1H3,(H,20,21,23). The topological polar surface area (TPSA) is 67.5 Å². The first-order valence-corrected chi connectivity index (χ1v) is 8.27. The van der Waals surface area contributed by atoms with Gasteiger partial charge in [0.25, 0.3) is 11.5 Å². The highest BCUT2D eigenvalue weighted by Gasteiger charge is 2.34. The molecule has 1 aromatic heterocycles. The first-order chi connectivity index (χ1) is 12.0. The van der Waals surface area contributed by atoms with Crippen LogP contribution in [-0.2, 0) is 0 Å².